The number of nitrogens with one attached hydrogen (secondary N) is 1. The van der Waals surface area contributed by atoms with Crippen LogP contribution in [0.2, 0.25) is 0 Å². The standard InChI is InChI=1S/C15H23N5OS/c1-10(2)12-8-13(18-17-12)14(21)19-4-6-20(7-5-19)15-16-9-11(3)22-15/h8,10-11H,4-7,9H2,1-3H3,(H,17,18)/t11-/m0/s1. The molecule has 22 heavy (non-hydrogen) atoms. The van der Waals surface area contributed by atoms with Crippen molar-refractivity contribution < 1.29 is 4.79 Å². The van der Waals surface area contributed by atoms with E-state index in [1.165, 1.54) is 0 Å². The molecule has 0 aliphatic carbocycles. The van der Waals surface area contributed by atoms with E-state index < -0.39 is 0 Å². The third kappa shape index (κ3) is 3.14. The lowest BCUT2D eigenvalue weighted by Crippen LogP contribution is -2.50. The lowest BCUT2D eigenvalue weighted by atomic mass is 10.1. The van der Waals surface area contributed by atoms with Gasteiger partial charge in [-0.1, -0.05) is 32.5 Å². The Labute approximate surface area is 135 Å². The Morgan fingerprint density at radius 3 is 2.64 bits per heavy atom. The Balaban J connectivity index is 1.57. The van der Waals surface area contributed by atoms with E-state index in [1.807, 2.05) is 22.7 Å². The number of piperazine rings is 1. The fourth-order valence-corrected chi connectivity index (χ4v) is 3.63. The predicted molar refractivity (Wildman–Crippen MR) is 89.5 cm³/mol. The number of aromatic amines is 1. The topological polar surface area (TPSA) is 64.6 Å². The van der Waals surface area contributed by atoms with Gasteiger partial charge in [-0.3, -0.25) is 14.9 Å². The van der Waals surface area contributed by atoms with Crippen LogP contribution in [0.25, 0.3) is 0 Å². The van der Waals surface area contributed by atoms with Gasteiger partial charge in [0.25, 0.3) is 5.91 Å². The van der Waals surface area contributed by atoms with Crippen LogP contribution < -0.4 is 0 Å². The molecule has 1 N–H and O–H groups in total. The highest BCUT2D eigenvalue weighted by Gasteiger charge is 2.28. The number of rotatable bonds is 2. The number of hydrogen-bond donors (Lipinski definition) is 1. The lowest BCUT2D eigenvalue weighted by molar-refractivity contribution is 0.0687. The zero-order valence-corrected chi connectivity index (χ0v) is 14.2. The molecule has 1 saturated heterocycles. The van der Waals surface area contributed by atoms with Crippen molar-refractivity contribution in [3.05, 3.63) is 17.5 Å². The molecule has 120 valence electrons. The first kappa shape index (κ1) is 15.4. The first-order valence-electron chi connectivity index (χ1n) is 7.85. The van der Waals surface area contributed by atoms with Crippen LogP contribution >= 0.6 is 11.8 Å². The molecule has 0 unspecified atom stereocenters. The van der Waals surface area contributed by atoms with Crippen LogP contribution in [-0.2, 0) is 0 Å². The minimum Gasteiger partial charge on any atom is -0.348 e. The van der Waals surface area contributed by atoms with Gasteiger partial charge in [0.05, 0.1) is 6.54 Å². The van der Waals surface area contributed by atoms with Crippen LogP contribution in [0, 0.1) is 0 Å². The summed E-state index contributed by atoms with van der Waals surface area (Å²) in [5.74, 6) is 0.377. The van der Waals surface area contributed by atoms with Crippen molar-refractivity contribution in [1.29, 1.82) is 0 Å². The summed E-state index contributed by atoms with van der Waals surface area (Å²) in [5, 5.41) is 8.83. The molecular weight excluding hydrogens is 298 g/mol. The zero-order chi connectivity index (χ0) is 15.7. The van der Waals surface area contributed by atoms with Crippen LogP contribution in [0.3, 0.4) is 0 Å². The number of amides is 1. The Kier molecular flexibility index (Phi) is 4.42. The van der Waals surface area contributed by atoms with Crippen molar-refractivity contribution in [3.63, 3.8) is 0 Å². The highest BCUT2D eigenvalue weighted by molar-refractivity contribution is 8.14. The molecule has 3 heterocycles. The number of amidine groups is 1. The molecule has 1 amide bonds. The number of nitrogens with zero attached hydrogens (tertiary/aromatic N) is 4. The van der Waals surface area contributed by atoms with Gasteiger partial charge in [0, 0.05) is 37.1 Å². The minimum atomic E-state index is 0.0252. The average molecular weight is 321 g/mol. The molecule has 0 aromatic carbocycles. The van der Waals surface area contributed by atoms with Crippen molar-refractivity contribution in [1.82, 2.24) is 20.0 Å². The molecular formula is C15H23N5OS. The summed E-state index contributed by atoms with van der Waals surface area (Å²) in [4.78, 5) is 21.3. The van der Waals surface area contributed by atoms with Gasteiger partial charge in [-0.2, -0.15) is 5.10 Å². The van der Waals surface area contributed by atoms with Gasteiger partial charge in [-0.25, -0.2) is 0 Å². The molecule has 0 saturated carbocycles. The molecule has 1 aromatic heterocycles. The van der Waals surface area contributed by atoms with Crippen molar-refractivity contribution in [2.24, 2.45) is 4.99 Å². The van der Waals surface area contributed by atoms with Gasteiger partial charge >= 0.3 is 0 Å². The van der Waals surface area contributed by atoms with E-state index in [9.17, 15) is 4.79 Å². The van der Waals surface area contributed by atoms with Gasteiger partial charge in [-0.05, 0) is 12.0 Å². The van der Waals surface area contributed by atoms with E-state index in [1.54, 1.807) is 0 Å². The molecule has 0 radical (unpaired) electrons. The number of H-pyrrole nitrogens is 1. The van der Waals surface area contributed by atoms with Crippen molar-refractivity contribution in [3.8, 4) is 0 Å². The second kappa shape index (κ2) is 6.32. The molecule has 0 spiro atoms. The van der Waals surface area contributed by atoms with E-state index in [0.29, 0.717) is 16.9 Å². The number of aromatic nitrogens is 2. The monoisotopic (exact) mass is 321 g/mol. The van der Waals surface area contributed by atoms with Crippen LogP contribution in [0.1, 0.15) is 42.9 Å². The Hall–Kier alpha value is -1.50. The highest BCUT2D eigenvalue weighted by Crippen LogP contribution is 2.24. The molecule has 7 heteroatoms. The lowest BCUT2D eigenvalue weighted by Gasteiger charge is -2.35. The molecule has 1 atom stereocenters. The molecule has 3 rings (SSSR count). The highest BCUT2D eigenvalue weighted by atomic mass is 32.2. The quantitative estimate of drug-likeness (QED) is 0.902. The van der Waals surface area contributed by atoms with Crippen molar-refractivity contribution >= 4 is 22.8 Å². The van der Waals surface area contributed by atoms with Crippen LogP contribution in [0.5, 0.6) is 0 Å². The summed E-state index contributed by atoms with van der Waals surface area (Å²) in [6, 6.07) is 1.87. The predicted octanol–water partition coefficient (Wildman–Crippen LogP) is 1.78. The Morgan fingerprint density at radius 2 is 2.09 bits per heavy atom. The number of carbonyl (C=O) groups is 1. The largest absolute Gasteiger partial charge is 0.348 e. The molecule has 1 fully saturated rings. The Bertz CT molecular complexity index is 574. The molecule has 6 nitrogen and oxygen atoms in total. The van der Waals surface area contributed by atoms with Crippen LogP contribution in [-0.4, -0.2) is 69.0 Å². The third-order valence-corrected chi connectivity index (χ3v) is 5.22. The van der Waals surface area contributed by atoms with Gasteiger partial charge < -0.3 is 9.80 Å². The van der Waals surface area contributed by atoms with Crippen molar-refractivity contribution in [2.75, 3.05) is 32.7 Å². The van der Waals surface area contributed by atoms with E-state index in [-0.39, 0.29) is 5.91 Å². The van der Waals surface area contributed by atoms with E-state index in [0.717, 1.165) is 43.6 Å². The average Bonchev–Trinajstić information content (AvgIpc) is 3.16. The van der Waals surface area contributed by atoms with Gasteiger partial charge in [0.15, 0.2) is 5.17 Å². The summed E-state index contributed by atoms with van der Waals surface area (Å²) in [7, 11) is 0. The number of hydrogen-bond acceptors (Lipinski definition) is 5. The Morgan fingerprint density at radius 1 is 1.36 bits per heavy atom. The maximum atomic E-state index is 12.5. The third-order valence-electron chi connectivity index (χ3n) is 4.07. The summed E-state index contributed by atoms with van der Waals surface area (Å²) >= 11 is 1.84. The maximum Gasteiger partial charge on any atom is 0.274 e. The zero-order valence-electron chi connectivity index (χ0n) is 13.4. The van der Waals surface area contributed by atoms with Gasteiger partial charge in [-0.15, -0.1) is 0 Å². The molecule has 1 aromatic rings. The van der Waals surface area contributed by atoms with E-state index in [4.69, 9.17) is 0 Å². The molecule has 2 aliphatic rings. The number of aliphatic imine (C=N–C) groups is 1. The summed E-state index contributed by atoms with van der Waals surface area (Å²) in [6.45, 7) is 10.4. The number of carbonyl (C=O) groups excluding carboxylic acids is 1. The number of thioether (sulfide) groups is 1. The first-order chi connectivity index (χ1) is 10.5. The van der Waals surface area contributed by atoms with Gasteiger partial charge in [0.2, 0.25) is 0 Å². The summed E-state index contributed by atoms with van der Waals surface area (Å²) < 4.78 is 0. The molecule has 0 bridgehead atoms. The maximum absolute atomic E-state index is 12.5. The minimum absolute atomic E-state index is 0.0252. The van der Waals surface area contributed by atoms with E-state index in [2.05, 4.69) is 40.9 Å². The summed E-state index contributed by atoms with van der Waals surface area (Å²) in [6.07, 6.45) is 0. The van der Waals surface area contributed by atoms with Crippen LogP contribution in [0.4, 0.5) is 0 Å². The van der Waals surface area contributed by atoms with Gasteiger partial charge in [0.1, 0.15) is 5.69 Å². The fourth-order valence-electron chi connectivity index (χ4n) is 2.64. The fraction of sp³-hybridized carbons (Fsp3) is 0.667. The first-order valence-corrected chi connectivity index (χ1v) is 8.73. The smallest absolute Gasteiger partial charge is 0.274 e. The second-order valence-corrected chi connectivity index (χ2v) is 7.60. The van der Waals surface area contributed by atoms with Crippen molar-refractivity contribution in [2.45, 2.75) is 31.9 Å². The SMILES string of the molecule is CC(C)c1cc(C(=O)N2CCN(C3=NC[C@H](C)S3)CC2)n[nH]1. The molecule has 2 aliphatic heterocycles. The normalized spacial score (nSPS) is 22.4. The van der Waals surface area contributed by atoms with E-state index >= 15 is 0 Å². The summed E-state index contributed by atoms with van der Waals surface area (Å²) in [5.41, 5.74) is 1.53. The second-order valence-electron chi connectivity index (χ2n) is 6.19. The van der Waals surface area contributed by atoms with Crippen LogP contribution in [0.15, 0.2) is 11.1 Å².